The van der Waals surface area contributed by atoms with Gasteiger partial charge in [-0.05, 0) is 17.2 Å². The van der Waals surface area contributed by atoms with Gasteiger partial charge in [0, 0.05) is 0 Å². The topological polar surface area (TPSA) is 9.23 Å². The van der Waals surface area contributed by atoms with Crippen LogP contribution in [0.25, 0.3) is 0 Å². The predicted molar refractivity (Wildman–Crippen MR) is 68.8 cm³/mol. The summed E-state index contributed by atoms with van der Waals surface area (Å²) >= 11 is 0. The van der Waals surface area contributed by atoms with Crippen LogP contribution in [0.4, 0.5) is 0 Å². The largest absolute Gasteiger partial charge is 0.357 e. The van der Waals surface area contributed by atoms with Crippen LogP contribution in [0.15, 0.2) is 72.8 Å². The van der Waals surface area contributed by atoms with Crippen molar-refractivity contribution in [3.63, 3.8) is 0 Å². The van der Waals surface area contributed by atoms with Gasteiger partial charge in [0.2, 0.25) is 0 Å². The fraction of sp³-hybridized carbons (Fsp3) is 0.125. The van der Waals surface area contributed by atoms with E-state index in [9.17, 15) is 0 Å². The van der Waals surface area contributed by atoms with Gasteiger partial charge in [-0.25, -0.2) is 0 Å². The van der Waals surface area contributed by atoms with E-state index < -0.39 is 5.60 Å². The number of hydrogen-bond acceptors (Lipinski definition) is 1. The Hall–Kier alpha value is -1.86. The van der Waals surface area contributed by atoms with Crippen LogP contribution in [0.2, 0.25) is 0 Å². The molecule has 3 rings (SSSR count). The molecule has 0 saturated heterocycles. The first-order valence-electron chi connectivity index (χ1n) is 5.84. The first-order valence-corrected chi connectivity index (χ1v) is 5.84. The molecule has 0 aromatic heterocycles. The molecule has 0 N–H and O–H groups in total. The van der Waals surface area contributed by atoms with Gasteiger partial charge in [-0.15, -0.1) is 0 Å². The van der Waals surface area contributed by atoms with Crippen molar-refractivity contribution in [2.24, 2.45) is 0 Å². The van der Waals surface area contributed by atoms with E-state index in [1.165, 1.54) is 11.1 Å². The van der Waals surface area contributed by atoms with E-state index in [1.807, 2.05) is 12.1 Å². The lowest BCUT2D eigenvalue weighted by Crippen LogP contribution is -2.25. The summed E-state index contributed by atoms with van der Waals surface area (Å²) in [6.45, 7) is 0.670. The van der Waals surface area contributed by atoms with E-state index >= 15 is 0 Å². The molecule has 0 amide bonds. The van der Waals surface area contributed by atoms with Crippen molar-refractivity contribution in [1.29, 1.82) is 0 Å². The standard InChI is InChI=1S/C16H14O/c1-3-8-14(9-4-1)16(12-7-13-17-16)15-10-5-2-6-11-15/h1-12H,13H2. The van der Waals surface area contributed by atoms with E-state index in [0.717, 1.165) is 0 Å². The van der Waals surface area contributed by atoms with Gasteiger partial charge in [-0.1, -0.05) is 66.7 Å². The van der Waals surface area contributed by atoms with Crippen LogP contribution in [-0.2, 0) is 10.3 Å². The van der Waals surface area contributed by atoms with Gasteiger partial charge in [0.25, 0.3) is 0 Å². The van der Waals surface area contributed by atoms with Gasteiger partial charge in [-0.2, -0.15) is 0 Å². The molecule has 2 aromatic carbocycles. The fourth-order valence-corrected chi connectivity index (χ4v) is 2.34. The summed E-state index contributed by atoms with van der Waals surface area (Å²) in [5, 5.41) is 0. The van der Waals surface area contributed by atoms with Crippen molar-refractivity contribution < 1.29 is 4.74 Å². The molecular formula is C16H14O. The molecule has 1 aliphatic rings. The van der Waals surface area contributed by atoms with E-state index in [1.54, 1.807) is 0 Å². The maximum atomic E-state index is 6.00. The molecular weight excluding hydrogens is 208 g/mol. The molecule has 1 nitrogen and oxygen atoms in total. The maximum Gasteiger partial charge on any atom is 0.137 e. The molecule has 1 heteroatoms. The van der Waals surface area contributed by atoms with Crippen LogP contribution in [0.3, 0.4) is 0 Å². The first-order chi connectivity index (χ1) is 8.42. The minimum Gasteiger partial charge on any atom is -0.357 e. The monoisotopic (exact) mass is 222 g/mol. The molecule has 1 heterocycles. The highest BCUT2D eigenvalue weighted by molar-refractivity contribution is 5.42. The lowest BCUT2D eigenvalue weighted by Gasteiger charge is -2.28. The summed E-state index contributed by atoms with van der Waals surface area (Å²) in [6, 6.07) is 20.7. The highest BCUT2D eigenvalue weighted by atomic mass is 16.5. The van der Waals surface area contributed by atoms with Gasteiger partial charge in [0.15, 0.2) is 0 Å². The Balaban J connectivity index is 2.15. The van der Waals surface area contributed by atoms with Gasteiger partial charge >= 0.3 is 0 Å². The van der Waals surface area contributed by atoms with Crippen molar-refractivity contribution in [3.8, 4) is 0 Å². The average molecular weight is 222 g/mol. The Morgan fingerprint density at radius 3 is 1.71 bits per heavy atom. The lowest BCUT2D eigenvalue weighted by molar-refractivity contribution is 0.0572. The quantitative estimate of drug-likeness (QED) is 0.706. The van der Waals surface area contributed by atoms with Crippen LogP contribution < -0.4 is 0 Å². The summed E-state index contributed by atoms with van der Waals surface area (Å²) in [7, 11) is 0. The van der Waals surface area contributed by atoms with Gasteiger partial charge < -0.3 is 4.74 Å². The average Bonchev–Trinajstić information content (AvgIpc) is 2.91. The molecule has 17 heavy (non-hydrogen) atoms. The number of ether oxygens (including phenoxy) is 1. The Bertz CT molecular complexity index is 474. The summed E-state index contributed by atoms with van der Waals surface area (Å²) in [5.74, 6) is 0. The van der Waals surface area contributed by atoms with E-state index in [-0.39, 0.29) is 0 Å². The summed E-state index contributed by atoms with van der Waals surface area (Å²) in [5.41, 5.74) is 1.96. The minimum absolute atomic E-state index is 0.400. The van der Waals surface area contributed by atoms with Crippen molar-refractivity contribution in [2.45, 2.75) is 5.60 Å². The lowest BCUT2D eigenvalue weighted by atomic mass is 9.86. The molecule has 0 fully saturated rings. The smallest absolute Gasteiger partial charge is 0.137 e. The van der Waals surface area contributed by atoms with Gasteiger partial charge in [0.05, 0.1) is 6.61 Å². The third-order valence-electron chi connectivity index (χ3n) is 3.17. The fourth-order valence-electron chi connectivity index (χ4n) is 2.34. The minimum atomic E-state index is -0.400. The Morgan fingerprint density at radius 2 is 1.29 bits per heavy atom. The second-order valence-corrected chi connectivity index (χ2v) is 4.18. The summed E-state index contributed by atoms with van der Waals surface area (Å²) in [4.78, 5) is 0. The molecule has 0 bridgehead atoms. The van der Waals surface area contributed by atoms with E-state index in [0.29, 0.717) is 6.61 Å². The zero-order valence-corrected chi connectivity index (χ0v) is 9.54. The molecule has 0 saturated carbocycles. The molecule has 0 aliphatic carbocycles. The Kier molecular flexibility index (Phi) is 2.54. The Labute approximate surface area is 101 Å². The molecule has 2 aromatic rings. The number of hydrogen-bond donors (Lipinski definition) is 0. The highest BCUT2D eigenvalue weighted by Crippen LogP contribution is 2.37. The Morgan fingerprint density at radius 1 is 0.765 bits per heavy atom. The third kappa shape index (κ3) is 1.69. The molecule has 0 unspecified atom stereocenters. The van der Waals surface area contributed by atoms with Crippen LogP contribution >= 0.6 is 0 Å². The zero-order chi connectivity index (χ0) is 11.6. The third-order valence-corrected chi connectivity index (χ3v) is 3.17. The van der Waals surface area contributed by atoms with Crippen molar-refractivity contribution in [1.82, 2.24) is 0 Å². The van der Waals surface area contributed by atoms with Crippen LogP contribution in [-0.4, -0.2) is 6.61 Å². The molecule has 84 valence electrons. The van der Waals surface area contributed by atoms with Crippen LogP contribution in [0.5, 0.6) is 0 Å². The SMILES string of the molecule is C1=CC(c2ccccc2)(c2ccccc2)OC1. The number of rotatable bonds is 2. The maximum absolute atomic E-state index is 6.00. The molecule has 0 spiro atoms. The van der Waals surface area contributed by atoms with Crippen molar-refractivity contribution >= 4 is 0 Å². The predicted octanol–water partition coefficient (Wildman–Crippen LogP) is 3.52. The van der Waals surface area contributed by atoms with E-state index in [2.05, 4.69) is 60.7 Å². The van der Waals surface area contributed by atoms with E-state index in [4.69, 9.17) is 4.74 Å². The second-order valence-electron chi connectivity index (χ2n) is 4.18. The number of benzene rings is 2. The first kappa shape index (κ1) is 10.3. The highest BCUT2D eigenvalue weighted by Gasteiger charge is 2.34. The van der Waals surface area contributed by atoms with Crippen LogP contribution in [0.1, 0.15) is 11.1 Å². The molecule has 0 radical (unpaired) electrons. The van der Waals surface area contributed by atoms with Gasteiger partial charge in [-0.3, -0.25) is 0 Å². The second kappa shape index (κ2) is 4.19. The summed E-state index contributed by atoms with van der Waals surface area (Å²) < 4.78 is 6.00. The zero-order valence-electron chi connectivity index (χ0n) is 9.54. The van der Waals surface area contributed by atoms with Gasteiger partial charge in [0.1, 0.15) is 5.60 Å². The summed E-state index contributed by atoms with van der Waals surface area (Å²) in [6.07, 6.45) is 4.23. The van der Waals surface area contributed by atoms with Crippen LogP contribution in [0, 0.1) is 0 Å². The molecule has 0 atom stereocenters. The van der Waals surface area contributed by atoms with Crippen molar-refractivity contribution in [3.05, 3.63) is 83.9 Å². The normalized spacial score (nSPS) is 17.2. The molecule has 1 aliphatic heterocycles. The van der Waals surface area contributed by atoms with Crippen molar-refractivity contribution in [2.75, 3.05) is 6.61 Å².